The lowest BCUT2D eigenvalue weighted by atomic mass is 9.93. The lowest BCUT2D eigenvalue weighted by Crippen LogP contribution is -2.30. The van der Waals surface area contributed by atoms with Crippen molar-refractivity contribution in [2.24, 2.45) is 0 Å². The van der Waals surface area contributed by atoms with E-state index in [1.165, 1.54) is 12.8 Å². The highest BCUT2D eigenvalue weighted by atomic mass is 35.5. The number of halogens is 1. The Kier molecular flexibility index (Phi) is 2.74. The van der Waals surface area contributed by atoms with Crippen LogP contribution in [-0.4, -0.2) is 18.0 Å². The Balaban J connectivity index is 2.08. The van der Waals surface area contributed by atoms with E-state index in [-0.39, 0.29) is 5.60 Å². The molecule has 0 amide bonds. The molecule has 0 atom stereocenters. The fourth-order valence-corrected chi connectivity index (χ4v) is 3.29. The van der Waals surface area contributed by atoms with Gasteiger partial charge in [0.15, 0.2) is 11.5 Å². The molecule has 1 aromatic carbocycles. The van der Waals surface area contributed by atoms with Crippen molar-refractivity contribution >= 4 is 16.8 Å². The summed E-state index contributed by atoms with van der Waals surface area (Å²) in [7, 11) is 1.61. The molecule has 0 N–H and O–H groups in total. The maximum Gasteiger partial charge on any atom is 0.252 e. The highest BCUT2D eigenvalue weighted by Crippen LogP contribution is 2.49. The van der Waals surface area contributed by atoms with Gasteiger partial charge in [-0.25, -0.2) is 0 Å². The Hall–Kier alpha value is -1.22. The monoisotopic (exact) mass is 266 g/mol. The van der Waals surface area contributed by atoms with Crippen LogP contribution in [0.15, 0.2) is 12.1 Å². The van der Waals surface area contributed by atoms with Crippen LogP contribution in [0.4, 0.5) is 0 Å². The smallest absolute Gasteiger partial charge is 0.252 e. The number of rotatable bonds is 2. The van der Waals surface area contributed by atoms with Gasteiger partial charge >= 0.3 is 0 Å². The average molecular weight is 267 g/mol. The molecule has 0 unspecified atom stereocenters. The maximum atomic E-state index is 11.5. The molecule has 0 radical (unpaired) electrons. The van der Waals surface area contributed by atoms with Crippen LogP contribution in [0.2, 0.25) is 0 Å². The Bertz CT molecular complexity index is 504. The Morgan fingerprint density at radius 2 is 2.11 bits per heavy atom. The van der Waals surface area contributed by atoms with Crippen molar-refractivity contribution in [1.82, 2.24) is 0 Å². The van der Waals surface area contributed by atoms with Gasteiger partial charge in [-0.15, -0.1) is 0 Å². The fourth-order valence-electron chi connectivity index (χ4n) is 3.11. The minimum atomic E-state index is -0.424. The van der Waals surface area contributed by atoms with Crippen molar-refractivity contribution in [1.29, 1.82) is 0 Å². The first-order valence-corrected chi connectivity index (χ1v) is 6.62. The standard InChI is InChI=1S/C14H15ClO3/c1-17-11-5-4-9(13(15)16)10-8-14(18-12(10)11)6-2-3-7-14/h4-5H,2-3,6-8H2,1H3. The van der Waals surface area contributed by atoms with Gasteiger partial charge in [-0.2, -0.15) is 0 Å². The molecule has 96 valence electrons. The summed E-state index contributed by atoms with van der Waals surface area (Å²) < 4.78 is 11.4. The molecule has 0 aromatic heterocycles. The Labute approximate surface area is 111 Å². The second-order valence-electron chi connectivity index (χ2n) is 5.07. The highest BCUT2D eigenvalue weighted by molar-refractivity contribution is 6.68. The lowest BCUT2D eigenvalue weighted by Gasteiger charge is -2.22. The van der Waals surface area contributed by atoms with Crippen LogP contribution in [0.3, 0.4) is 0 Å². The van der Waals surface area contributed by atoms with E-state index in [1.807, 2.05) is 0 Å². The Morgan fingerprint density at radius 1 is 1.39 bits per heavy atom. The molecule has 2 aliphatic rings. The summed E-state index contributed by atoms with van der Waals surface area (Å²) in [6, 6.07) is 3.48. The molecule has 0 bridgehead atoms. The summed E-state index contributed by atoms with van der Waals surface area (Å²) in [5.41, 5.74) is 1.34. The number of carbonyl (C=O) groups excluding carboxylic acids is 1. The highest BCUT2D eigenvalue weighted by Gasteiger charge is 2.44. The van der Waals surface area contributed by atoms with Gasteiger partial charge in [0.1, 0.15) is 5.60 Å². The largest absolute Gasteiger partial charge is 0.493 e. The first-order chi connectivity index (χ1) is 8.65. The molecular formula is C14H15ClO3. The topological polar surface area (TPSA) is 35.5 Å². The first kappa shape index (κ1) is 11.8. The molecule has 3 nitrogen and oxygen atoms in total. The van der Waals surface area contributed by atoms with Crippen LogP contribution in [0.25, 0.3) is 0 Å². The summed E-state index contributed by atoms with van der Waals surface area (Å²) in [4.78, 5) is 11.5. The molecule has 4 heteroatoms. The fraction of sp³-hybridized carbons (Fsp3) is 0.500. The van der Waals surface area contributed by atoms with Crippen molar-refractivity contribution in [2.75, 3.05) is 7.11 Å². The number of carbonyl (C=O) groups is 1. The molecule has 1 spiro atoms. The van der Waals surface area contributed by atoms with E-state index in [1.54, 1.807) is 19.2 Å². The summed E-state index contributed by atoms with van der Waals surface area (Å²) in [5, 5.41) is -0.424. The second kappa shape index (κ2) is 4.16. The van der Waals surface area contributed by atoms with E-state index in [4.69, 9.17) is 21.1 Å². The van der Waals surface area contributed by atoms with Crippen molar-refractivity contribution < 1.29 is 14.3 Å². The van der Waals surface area contributed by atoms with E-state index in [0.29, 0.717) is 17.1 Å². The average Bonchev–Trinajstić information content (AvgIpc) is 2.94. The zero-order chi connectivity index (χ0) is 12.8. The third-order valence-electron chi connectivity index (χ3n) is 3.99. The molecule has 3 rings (SSSR count). The summed E-state index contributed by atoms with van der Waals surface area (Å²) in [6.07, 6.45) is 5.22. The van der Waals surface area contributed by atoms with E-state index in [9.17, 15) is 4.79 Å². The van der Waals surface area contributed by atoms with Gasteiger partial charge in [0.25, 0.3) is 5.24 Å². The van der Waals surface area contributed by atoms with Gasteiger partial charge in [-0.3, -0.25) is 4.79 Å². The van der Waals surface area contributed by atoms with Crippen LogP contribution in [-0.2, 0) is 6.42 Å². The third kappa shape index (κ3) is 1.69. The number of methoxy groups -OCH3 is 1. The summed E-state index contributed by atoms with van der Waals surface area (Å²) >= 11 is 5.64. The molecular weight excluding hydrogens is 252 g/mol. The second-order valence-corrected chi connectivity index (χ2v) is 5.41. The van der Waals surface area contributed by atoms with E-state index in [2.05, 4.69) is 0 Å². The maximum absolute atomic E-state index is 11.5. The molecule has 1 saturated carbocycles. The van der Waals surface area contributed by atoms with Gasteiger partial charge in [-0.05, 0) is 49.4 Å². The Morgan fingerprint density at radius 3 is 2.72 bits per heavy atom. The zero-order valence-electron chi connectivity index (χ0n) is 10.3. The van der Waals surface area contributed by atoms with Gasteiger partial charge in [0, 0.05) is 17.5 Å². The molecule has 0 saturated heterocycles. The minimum Gasteiger partial charge on any atom is -0.493 e. The van der Waals surface area contributed by atoms with Crippen molar-refractivity contribution in [3.63, 3.8) is 0 Å². The molecule has 1 aliphatic heterocycles. The van der Waals surface area contributed by atoms with Crippen LogP contribution >= 0.6 is 11.6 Å². The van der Waals surface area contributed by atoms with E-state index < -0.39 is 5.24 Å². The van der Waals surface area contributed by atoms with Crippen molar-refractivity contribution in [2.45, 2.75) is 37.7 Å². The summed E-state index contributed by atoms with van der Waals surface area (Å²) in [6.45, 7) is 0. The van der Waals surface area contributed by atoms with Crippen LogP contribution in [0, 0.1) is 0 Å². The van der Waals surface area contributed by atoms with Crippen LogP contribution in [0.1, 0.15) is 41.6 Å². The number of hydrogen-bond acceptors (Lipinski definition) is 3. The van der Waals surface area contributed by atoms with Crippen molar-refractivity contribution in [3.8, 4) is 11.5 Å². The predicted octanol–water partition coefficient (Wildman–Crippen LogP) is 3.32. The summed E-state index contributed by atoms with van der Waals surface area (Å²) in [5.74, 6) is 1.40. The van der Waals surface area contributed by atoms with Gasteiger partial charge < -0.3 is 9.47 Å². The van der Waals surface area contributed by atoms with Gasteiger partial charge in [0.2, 0.25) is 0 Å². The van der Waals surface area contributed by atoms with Gasteiger partial charge in [0.05, 0.1) is 7.11 Å². The zero-order valence-corrected chi connectivity index (χ0v) is 11.0. The SMILES string of the molecule is COc1ccc(C(=O)Cl)c2c1OC1(CCCC1)C2. The number of benzene rings is 1. The number of hydrogen-bond donors (Lipinski definition) is 0. The first-order valence-electron chi connectivity index (χ1n) is 6.24. The normalized spacial score (nSPS) is 19.7. The third-order valence-corrected chi connectivity index (χ3v) is 4.19. The molecule has 1 fully saturated rings. The van der Waals surface area contributed by atoms with Crippen LogP contribution in [0.5, 0.6) is 11.5 Å². The molecule has 1 aromatic rings. The number of fused-ring (bicyclic) bond motifs is 1. The minimum absolute atomic E-state index is 0.127. The lowest BCUT2D eigenvalue weighted by molar-refractivity contribution is 0.0996. The van der Waals surface area contributed by atoms with E-state index >= 15 is 0 Å². The van der Waals surface area contributed by atoms with Crippen LogP contribution < -0.4 is 9.47 Å². The number of ether oxygens (including phenoxy) is 2. The quantitative estimate of drug-likeness (QED) is 0.771. The molecule has 1 heterocycles. The molecule has 18 heavy (non-hydrogen) atoms. The van der Waals surface area contributed by atoms with Crippen molar-refractivity contribution in [3.05, 3.63) is 23.3 Å². The predicted molar refractivity (Wildman–Crippen MR) is 68.7 cm³/mol. The molecule has 1 aliphatic carbocycles. The van der Waals surface area contributed by atoms with E-state index in [0.717, 1.165) is 24.8 Å². The van der Waals surface area contributed by atoms with Gasteiger partial charge in [-0.1, -0.05) is 0 Å².